The Labute approximate surface area is 81.7 Å². The summed E-state index contributed by atoms with van der Waals surface area (Å²) in [6, 6.07) is 0. The summed E-state index contributed by atoms with van der Waals surface area (Å²) in [6.07, 6.45) is 2.51. The molecule has 0 spiro atoms. The molecule has 1 aliphatic rings. The number of imidazole rings is 1. The van der Waals surface area contributed by atoms with Crippen molar-refractivity contribution in [3.8, 4) is 0 Å². The number of hydrogen-bond acceptors (Lipinski definition) is 2. The molecule has 0 fully saturated rings. The van der Waals surface area contributed by atoms with Gasteiger partial charge >= 0.3 is 0 Å². The van der Waals surface area contributed by atoms with E-state index in [0.29, 0.717) is 11.6 Å². The largest absolute Gasteiger partial charge is 0.330 e. The van der Waals surface area contributed by atoms with Crippen LogP contribution in [-0.2, 0) is 24.2 Å². The van der Waals surface area contributed by atoms with E-state index in [1.807, 2.05) is 0 Å². The molecule has 0 unspecified atom stereocenters. The molecule has 0 aliphatic carbocycles. The molecule has 4 heteroatoms. The van der Waals surface area contributed by atoms with E-state index in [0.717, 1.165) is 30.9 Å². The summed E-state index contributed by atoms with van der Waals surface area (Å²) in [5, 5.41) is 0.505. The highest BCUT2D eigenvalue weighted by atomic mass is 35.5. The van der Waals surface area contributed by atoms with Crippen molar-refractivity contribution in [3.63, 3.8) is 0 Å². The summed E-state index contributed by atoms with van der Waals surface area (Å²) in [5.41, 5.74) is 0.890. The SMILES string of the molecule is CC(=O)Cc1c(Cl)nc2n1CCC2. The molecule has 0 atom stereocenters. The standard InChI is InChI=1S/C9H11ClN2O/c1-6(13)5-7-9(10)11-8-3-2-4-12(7)8/h2-5H2,1H3. The number of aryl methyl sites for hydroxylation is 1. The third kappa shape index (κ3) is 1.48. The minimum Gasteiger partial charge on any atom is -0.330 e. The fourth-order valence-electron chi connectivity index (χ4n) is 1.76. The number of Topliss-reactive ketones (excluding diaryl/α,β-unsaturated/α-hetero) is 1. The lowest BCUT2D eigenvalue weighted by molar-refractivity contribution is -0.116. The first kappa shape index (κ1) is 8.75. The van der Waals surface area contributed by atoms with Crippen LogP contribution in [0.1, 0.15) is 24.9 Å². The van der Waals surface area contributed by atoms with Gasteiger partial charge in [-0.15, -0.1) is 0 Å². The number of halogens is 1. The van der Waals surface area contributed by atoms with E-state index in [-0.39, 0.29) is 5.78 Å². The van der Waals surface area contributed by atoms with Crippen LogP contribution in [-0.4, -0.2) is 15.3 Å². The van der Waals surface area contributed by atoms with Crippen LogP contribution in [0.5, 0.6) is 0 Å². The first-order chi connectivity index (χ1) is 6.18. The number of carbonyl (C=O) groups excluding carboxylic acids is 1. The van der Waals surface area contributed by atoms with Gasteiger partial charge in [0.05, 0.1) is 5.69 Å². The van der Waals surface area contributed by atoms with E-state index in [9.17, 15) is 4.79 Å². The summed E-state index contributed by atoms with van der Waals surface area (Å²) < 4.78 is 2.07. The van der Waals surface area contributed by atoms with E-state index in [4.69, 9.17) is 11.6 Å². The Morgan fingerprint density at radius 3 is 3.15 bits per heavy atom. The topological polar surface area (TPSA) is 34.9 Å². The van der Waals surface area contributed by atoms with Gasteiger partial charge in [-0.3, -0.25) is 4.79 Å². The second-order valence-corrected chi connectivity index (χ2v) is 3.76. The van der Waals surface area contributed by atoms with Gasteiger partial charge in [0.1, 0.15) is 11.6 Å². The first-order valence-electron chi connectivity index (χ1n) is 4.41. The van der Waals surface area contributed by atoms with E-state index < -0.39 is 0 Å². The molecule has 2 rings (SSSR count). The van der Waals surface area contributed by atoms with Gasteiger partial charge in [-0.25, -0.2) is 4.98 Å². The zero-order chi connectivity index (χ0) is 9.42. The van der Waals surface area contributed by atoms with Gasteiger partial charge in [-0.05, 0) is 13.3 Å². The third-order valence-corrected chi connectivity index (χ3v) is 2.60. The van der Waals surface area contributed by atoms with Crippen LogP contribution in [0.15, 0.2) is 0 Å². The average Bonchev–Trinajstić information content (AvgIpc) is 2.55. The number of fused-ring (bicyclic) bond motifs is 1. The maximum atomic E-state index is 11.0. The van der Waals surface area contributed by atoms with E-state index in [1.165, 1.54) is 0 Å². The number of ketones is 1. The van der Waals surface area contributed by atoms with Crippen LogP contribution < -0.4 is 0 Å². The van der Waals surface area contributed by atoms with Crippen LogP contribution in [0.2, 0.25) is 5.15 Å². The molecule has 2 heterocycles. The van der Waals surface area contributed by atoms with Gasteiger partial charge < -0.3 is 4.57 Å². The normalized spacial score (nSPS) is 14.6. The third-order valence-electron chi connectivity index (χ3n) is 2.30. The Hall–Kier alpha value is -0.830. The molecule has 0 aromatic carbocycles. The highest BCUT2D eigenvalue weighted by Crippen LogP contribution is 2.23. The molecular formula is C9H11ClN2O. The van der Waals surface area contributed by atoms with Crippen LogP contribution in [0, 0.1) is 0 Å². The molecule has 0 amide bonds. The maximum Gasteiger partial charge on any atom is 0.151 e. The van der Waals surface area contributed by atoms with Crippen molar-refractivity contribution in [2.24, 2.45) is 0 Å². The van der Waals surface area contributed by atoms with Crippen molar-refractivity contribution < 1.29 is 4.79 Å². The van der Waals surface area contributed by atoms with Crippen molar-refractivity contribution in [3.05, 3.63) is 16.7 Å². The molecule has 1 aromatic rings. The predicted molar refractivity (Wildman–Crippen MR) is 49.9 cm³/mol. The Morgan fingerprint density at radius 1 is 1.69 bits per heavy atom. The summed E-state index contributed by atoms with van der Waals surface area (Å²) in [4.78, 5) is 15.2. The number of hydrogen-bond donors (Lipinski definition) is 0. The van der Waals surface area contributed by atoms with Crippen LogP contribution >= 0.6 is 11.6 Å². The number of aromatic nitrogens is 2. The number of carbonyl (C=O) groups is 1. The van der Waals surface area contributed by atoms with Gasteiger partial charge in [0.2, 0.25) is 0 Å². The second-order valence-electron chi connectivity index (χ2n) is 3.40. The van der Waals surface area contributed by atoms with Crippen molar-refractivity contribution in [2.75, 3.05) is 0 Å². The molecule has 1 aliphatic heterocycles. The van der Waals surface area contributed by atoms with Gasteiger partial charge in [-0.1, -0.05) is 11.6 Å². The maximum absolute atomic E-state index is 11.0. The molecule has 1 aromatic heterocycles. The molecule has 0 saturated heterocycles. The lowest BCUT2D eigenvalue weighted by Gasteiger charge is -2.02. The predicted octanol–water partition coefficient (Wildman–Crippen LogP) is 1.61. The van der Waals surface area contributed by atoms with E-state index in [1.54, 1.807) is 6.92 Å². The zero-order valence-corrected chi connectivity index (χ0v) is 8.26. The van der Waals surface area contributed by atoms with E-state index in [2.05, 4.69) is 9.55 Å². The highest BCUT2D eigenvalue weighted by molar-refractivity contribution is 6.30. The summed E-state index contributed by atoms with van der Waals surface area (Å²) >= 11 is 5.92. The highest BCUT2D eigenvalue weighted by Gasteiger charge is 2.20. The quantitative estimate of drug-likeness (QED) is 0.724. The Morgan fingerprint density at radius 2 is 2.46 bits per heavy atom. The van der Waals surface area contributed by atoms with Crippen molar-refractivity contribution in [2.45, 2.75) is 32.7 Å². The molecule has 13 heavy (non-hydrogen) atoms. The van der Waals surface area contributed by atoms with Crippen molar-refractivity contribution in [1.82, 2.24) is 9.55 Å². The molecular weight excluding hydrogens is 188 g/mol. The van der Waals surface area contributed by atoms with E-state index >= 15 is 0 Å². The Kier molecular flexibility index (Phi) is 2.12. The second kappa shape index (κ2) is 3.14. The molecule has 0 bridgehead atoms. The minimum atomic E-state index is 0.136. The molecule has 70 valence electrons. The lowest BCUT2D eigenvalue weighted by atomic mass is 10.2. The fourth-order valence-corrected chi connectivity index (χ4v) is 2.03. The molecule has 0 saturated carbocycles. The van der Waals surface area contributed by atoms with Crippen LogP contribution in [0.3, 0.4) is 0 Å². The molecule has 0 radical (unpaired) electrons. The average molecular weight is 199 g/mol. The summed E-state index contributed by atoms with van der Waals surface area (Å²) in [7, 11) is 0. The lowest BCUT2D eigenvalue weighted by Crippen LogP contribution is -2.05. The van der Waals surface area contributed by atoms with Gasteiger partial charge in [0, 0.05) is 19.4 Å². The van der Waals surface area contributed by atoms with Gasteiger partial charge in [0.15, 0.2) is 5.15 Å². The van der Waals surface area contributed by atoms with Gasteiger partial charge in [0.25, 0.3) is 0 Å². The summed E-state index contributed by atoms with van der Waals surface area (Å²) in [6.45, 7) is 2.53. The summed E-state index contributed by atoms with van der Waals surface area (Å²) in [5.74, 6) is 1.16. The number of nitrogens with zero attached hydrogens (tertiary/aromatic N) is 2. The van der Waals surface area contributed by atoms with Crippen molar-refractivity contribution in [1.29, 1.82) is 0 Å². The van der Waals surface area contributed by atoms with Crippen LogP contribution in [0.25, 0.3) is 0 Å². The van der Waals surface area contributed by atoms with Gasteiger partial charge in [-0.2, -0.15) is 0 Å². The zero-order valence-electron chi connectivity index (χ0n) is 7.51. The smallest absolute Gasteiger partial charge is 0.151 e. The Balaban J connectivity index is 2.38. The first-order valence-corrected chi connectivity index (χ1v) is 4.79. The minimum absolute atomic E-state index is 0.136. The fraction of sp³-hybridized carbons (Fsp3) is 0.556. The molecule has 3 nitrogen and oxygen atoms in total. The van der Waals surface area contributed by atoms with Crippen molar-refractivity contribution >= 4 is 17.4 Å². The Bertz CT molecular complexity index is 357. The molecule has 0 N–H and O–H groups in total. The van der Waals surface area contributed by atoms with Crippen LogP contribution in [0.4, 0.5) is 0 Å². The number of rotatable bonds is 2. The monoisotopic (exact) mass is 198 g/mol.